The number of nitrogens with zero attached hydrogens (tertiary/aromatic N) is 5. The van der Waals surface area contributed by atoms with Crippen molar-refractivity contribution in [1.82, 2.24) is 29.6 Å². The number of carbonyl (C=O) groups is 1. The molecule has 0 saturated heterocycles. The number of nitrogens with one attached hydrogen (secondary N) is 1. The number of pyridine rings is 1. The normalized spacial score (nSPS) is 23.2. The highest BCUT2D eigenvalue weighted by Gasteiger charge is 2.43. The lowest BCUT2D eigenvalue weighted by Crippen LogP contribution is -2.56. The highest BCUT2D eigenvalue weighted by atomic mass is 16.3. The minimum Gasteiger partial charge on any atom is -0.391 e. The van der Waals surface area contributed by atoms with Gasteiger partial charge in [-0.25, -0.2) is 9.97 Å². The minimum absolute atomic E-state index is 0.168. The summed E-state index contributed by atoms with van der Waals surface area (Å²) in [6.45, 7) is 1.94. The number of aromatic nitrogens is 5. The molecular formula is C16H18N6O2. The molecule has 0 bridgehead atoms. The Balaban J connectivity index is 1.57. The lowest BCUT2D eigenvalue weighted by atomic mass is 9.83. The van der Waals surface area contributed by atoms with Gasteiger partial charge in [-0.05, 0) is 25.0 Å². The van der Waals surface area contributed by atoms with Crippen molar-refractivity contribution in [3.8, 4) is 0 Å². The first kappa shape index (κ1) is 14.8. The monoisotopic (exact) mass is 326 g/mol. The van der Waals surface area contributed by atoms with Crippen molar-refractivity contribution in [1.29, 1.82) is 0 Å². The topological polar surface area (TPSA) is 97.9 Å². The van der Waals surface area contributed by atoms with Crippen LogP contribution in [-0.4, -0.2) is 47.5 Å². The molecule has 0 radical (unpaired) electrons. The molecule has 3 aromatic heterocycles. The fourth-order valence-corrected chi connectivity index (χ4v) is 3.17. The second-order valence-electron chi connectivity index (χ2n) is 6.26. The standard InChI is InChI=1S/C16H18N6O2/c1-9-6-19-22(7-9)14-11(5-12(14)23)20-16(24)10-3-4-17-15-13(10)18-8-21(15)2/h3-4,6-8,11-12,14,23H,5H2,1-2H3,(H,20,24)/t11-,12+,14+/m0/s1. The molecule has 4 rings (SSSR count). The third-order valence-electron chi connectivity index (χ3n) is 4.50. The zero-order valence-corrected chi connectivity index (χ0v) is 13.4. The predicted octanol–water partition coefficient (Wildman–Crippen LogP) is 0.578. The maximum absolute atomic E-state index is 12.7. The zero-order valence-electron chi connectivity index (χ0n) is 13.4. The minimum atomic E-state index is -0.512. The van der Waals surface area contributed by atoms with E-state index in [1.165, 1.54) is 0 Å². The number of carbonyl (C=O) groups excluding carboxylic acids is 1. The molecule has 24 heavy (non-hydrogen) atoms. The Labute approximate surface area is 138 Å². The second kappa shape index (κ2) is 5.41. The maximum Gasteiger partial charge on any atom is 0.253 e. The summed E-state index contributed by atoms with van der Waals surface area (Å²) in [7, 11) is 1.84. The number of aryl methyl sites for hydroxylation is 2. The first-order valence-electron chi connectivity index (χ1n) is 7.80. The molecule has 1 aliphatic rings. The Morgan fingerprint density at radius 2 is 2.25 bits per heavy atom. The van der Waals surface area contributed by atoms with E-state index in [1.807, 2.05) is 20.2 Å². The maximum atomic E-state index is 12.7. The van der Waals surface area contributed by atoms with Crippen LogP contribution >= 0.6 is 0 Å². The van der Waals surface area contributed by atoms with Gasteiger partial charge in [0.05, 0.1) is 36.3 Å². The van der Waals surface area contributed by atoms with Gasteiger partial charge in [-0.2, -0.15) is 5.10 Å². The van der Waals surface area contributed by atoms with Crippen LogP contribution in [0.2, 0.25) is 0 Å². The SMILES string of the molecule is Cc1cnn([C@H]2[C@H](O)C[C@@H]2NC(=O)c2ccnc3c2ncn3C)c1. The van der Waals surface area contributed by atoms with Crippen LogP contribution in [0.25, 0.3) is 11.2 Å². The van der Waals surface area contributed by atoms with E-state index in [4.69, 9.17) is 0 Å². The summed E-state index contributed by atoms with van der Waals surface area (Å²) < 4.78 is 3.49. The van der Waals surface area contributed by atoms with E-state index < -0.39 is 6.10 Å². The molecule has 1 fully saturated rings. The fraction of sp³-hybridized carbons (Fsp3) is 0.375. The van der Waals surface area contributed by atoms with E-state index in [9.17, 15) is 9.90 Å². The van der Waals surface area contributed by atoms with E-state index in [2.05, 4.69) is 20.4 Å². The summed E-state index contributed by atoms with van der Waals surface area (Å²) in [6, 6.07) is 1.25. The third-order valence-corrected chi connectivity index (χ3v) is 4.50. The number of aliphatic hydroxyl groups excluding tert-OH is 1. The highest BCUT2D eigenvalue weighted by Crippen LogP contribution is 2.33. The van der Waals surface area contributed by atoms with Gasteiger partial charge in [-0.3, -0.25) is 9.48 Å². The van der Waals surface area contributed by atoms with E-state index in [0.717, 1.165) is 5.56 Å². The molecule has 0 unspecified atom stereocenters. The van der Waals surface area contributed by atoms with Crippen LogP contribution in [0.4, 0.5) is 0 Å². The summed E-state index contributed by atoms with van der Waals surface area (Å²) in [5.74, 6) is -0.216. The van der Waals surface area contributed by atoms with Crippen molar-refractivity contribution in [2.75, 3.05) is 0 Å². The molecule has 124 valence electrons. The summed E-state index contributed by atoms with van der Waals surface area (Å²) in [4.78, 5) is 21.2. The van der Waals surface area contributed by atoms with Crippen LogP contribution in [-0.2, 0) is 7.05 Å². The quantitative estimate of drug-likeness (QED) is 0.733. The van der Waals surface area contributed by atoms with Gasteiger partial charge in [0.15, 0.2) is 5.65 Å². The Morgan fingerprint density at radius 1 is 1.42 bits per heavy atom. The number of hydrogen-bond acceptors (Lipinski definition) is 5. The van der Waals surface area contributed by atoms with Crippen molar-refractivity contribution in [3.63, 3.8) is 0 Å². The zero-order chi connectivity index (χ0) is 16.8. The van der Waals surface area contributed by atoms with Crippen molar-refractivity contribution in [2.45, 2.75) is 31.5 Å². The first-order valence-corrected chi connectivity index (χ1v) is 7.80. The molecule has 0 aliphatic heterocycles. The van der Waals surface area contributed by atoms with Gasteiger partial charge in [0.25, 0.3) is 5.91 Å². The number of amides is 1. The van der Waals surface area contributed by atoms with Crippen molar-refractivity contribution < 1.29 is 9.90 Å². The smallest absolute Gasteiger partial charge is 0.253 e. The van der Waals surface area contributed by atoms with Gasteiger partial charge in [0.2, 0.25) is 0 Å². The van der Waals surface area contributed by atoms with Crippen LogP contribution < -0.4 is 5.32 Å². The summed E-state index contributed by atoms with van der Waals surface area (Å²) in [5, 5.41) is 17.3. The largest absolute Gasteiger partial charge is 0.391 e. The number of imidazole rings is 1. The van der Waals surface area contributed by atoms with Gasteiger partial charge in [0.1, 0.15) is 5.52 Å². The van der Waals surface area contributed by atoms with Crippen LogP contribution in [0.1, 0.15) is 28.4 Å². The van der Waals surface area contributed by atoms with Gasteiger partial charge in [-0.15, -0.1) is 0 Å². The molecule has 3 aromatic rings. The van der Waals surface area contributed by atoms with Gasteiger partial charge in [0, 0.05) is 19.4 Å². The second-order valence-corrected chi connectivity index (χ2v) is 6.26. The molecule has 8 heteroatoms. The highest BCUT2D eigenvalue weighted by molar-refractivity contribution is 6.04. The van der Waals surface area contributed by atoms with E-state index in [0.29, 0.717) is 23.1 Å². The Morgan fingerprint density at radius 3 is 2.96 bits per heavy atom. The number of hydrogen-bond donors (Lipinski definition) is 2. The molecule has 0 spiro atoms. The predicted molar refractivity (Wildman–Crippen MR) is 86.4 cm³/mol. The number of rotatable bonds is 3. The van der Waals surface area contributed by atoms with Crippen LogP contribution in [0.5, 0.6) is 0 Å². The molecule has 2 N–H and O–H groups in total. The number of aliphatic hydroxyl groups is 1. The third kappa shape index (κ3) is 2.26. The Kier molecular flexibility index (Phi) is 3.34. The van der Waals surface area contributed by atoms with E-state index in [-0.39, 0.29) is 18.0 Å². The molecule has 0 aromatic carbocycles. The van der Waals surface area contributed by atoms with E-state index >= 15 is 0 Å². The molecule has 1 saturated carbocycles. The molecule has 3 heterocycles. The lowest BCUT2D eigenvalue weighted by molar-refractivity contribution is -0.00587. The molecule has 3 atom stereocenters. The summed E-state index contributed by atoms with van der Waals surface area (Å²) >= 11 is 0. The van der Waals surface area contributed by atoms with Crippen molar-refractivity contribution in [2.24, 2.45) is 7.05 Å². The fourth-order valence-electron chi connectivity index (χ4n) is 3.17. The Hall–Kier alpha value is -2.74. The first-order chi connectivity index (χ1) is 11.5. The van der Waals surface area contributed by atoms with Gasteiger partial charge < -0.3 is 15.0 Å². The van der Waals surface area contributed by atoms with Crippen LogP contribution in [0, 0.1) is 6.92 Å². The average Bonchev–Trinajstić information content (AvgIpc) is 3.13. The van der Waals surface area contributed by atoms with E-state index in [1.54, 1.807) is 34.0 Å². The van der Waals surface area contributed by atoms with Crippen LogP contribution in [0.3, 0.4) is 0 Å². The molecule has 1 aliphatic carbocycles. The Bertz CT molecular complexity index is 914. The molecular weight excluding hydrogens is 308 g/mol. The van der Waals surface area contributed by atoms with Crippen molar-refractivity contribution in [3.05, 3.63) is 42.1 Å². The van der Waals surface area contributed by atoms with Gasteiger partial charge in [-0.1, -0.05) is 0 Å². The van der Waals surface area contributed by atoms with Gasteiger partial charge >= 0.3 is 0 Å². The summed E-state index contributed by atoms with van der Waals surface area (Å²) in [5.41, 5.74) is 2.74. The average molecular weight is 326 g/mol. The number of fused-ring (bicyclic) bond motifs is 1. The molecule has 1 amide bonds. The summed E-state index contributed by atoms with van der Waals surface area (Å²) in [6.07, 6.45) is 6.84. The van der Waals surface area contributed by atoms with Crippen molar-refractivity contribution >= 4 is 17.1 Å². The lowest BCUT2D eigenvalue weighted by Gasteiger charge is -2.41. The molecule has 8 nitrogen and oxygen atoms in total. The van der Waals surface area contributed by atoms with Crippen LogP contribution in [0.15, 0.2) is 31.0 Å².